The van der Waals surface area contributed by atoms with Gasteiger partial charge in [-0.05, 0) is 79.4 Å². The van der Waals surface area contributed by atoms with Crippen molar-refractivity contribution in [3.63, 3.8) is 0 Å². The molecule has 0 atom stereocenters. The van der Waals surface area contributed by atoms with E-state index in [9.17, 15) is 5.11 Å². The molecule has 0 saturated carbocycles. The number of aliphatic hydroxyl groups excluding tert-OH is 1. The molecule has 6 aromatic rings. The summed E-state index contributed by atoms with van der Waals surface area (Å²) in [6.45, 7) is 3.94. The van der Waals surface area contributed by atoms with Crippen molar-refractivity contribution in [2.75, 3.05) is 6.61 Å². The highest BCUT2D eigenvalue weighted by Gasteiger charge is 2.45. The zero-order valence-electron chi connectivity index (χ0n) is 23.0. The molecule has 1 N–H and O–H groups in total. The van der Waals surface area contributed by atoms with Gasteiger partial charge in [0.1, 0.15) is 22.5 Å². The minimum Gasteiger partial charge on any atom is -0.577 e. The van der Waals surface area contributed by atoms with E-state index in [1.807, 2.05) is 111 Å². The van der Waals surface area contributed by atoms with Crippen molar-refractivity contribution >= 4 is 37.0 Å². The maximum atomic E-state index is 9.62. The van der Waals surface area contributed by atoms with Crippen LogP contribution in [0.15, 0.2) is 109 Å². The van der Waals surface area contributed by atoms with Gasteiger partial charge in [0, 0.05) is 28.8 Å². The molecule has 0 aliphatic rings. The van der Waals surface area contributed by atoms with Crippen LogP contribution in [0.4, 0.5) is 0 Å². The smallest absolute Gasteiger partial charge is 0.577 e. The Labute approximate surface area is 244 Å². The first kappa shape index (κ1) is 26.8. The lowest BCUT2D eigenvalue weighted by Gasteiger charge is -2.19. The maximum Gasteiger partial charge on any atom is 1.20 e. The highest BCUT2D eigenvalue weighted by atomic mass is 27.3. The lowest BCUT2D eigenvalue weighted by atomic mass is 10.1. The third kappa shape index (κ3) is 6.18. The first-order valence-electron chi connectivity index (χ1n) is 13.6. The van der Waals surface area contributed by atoms with Gasteiger partial charge in [-0.2, -0.15) is 0 Å². The fourth-order valence-electron chi connectivity index (χ4n) is 4.78. The molecule has 0 aliphatic heterocycles. The first-order valence-corrected chi connectivity index (χ1v) is 15.0. The lowest BCUT2D eigenvalue weighted by Crippen LogP contribution is -2.37. The third-order valence-electron chi connectivity index (χ3n) is 6.82. The lowest BCUT2D eigenvalue weighted by molar-refractivity contribution is 0.299. The summed E-state index contributed by atoms with van der Waals surface area (Å²) in [5, 5.41) is 11.5. The Bertz CT molecular complexity index is 1810. The van der Waals surface area contributed by atoms with Crippen molar-refractivity contribution in [2.45, 2.75) is 20.3 Å². The molecule has 202 valence electrons. The summed E-state index contributed by atoms with van der Waals surface area (Å²) in [5.74, 6) is 1.81. The number of pyridine rings is 2. The zero-order chi connectivity index (χ0) is 28.2. The summed E-state index contributed by atoms with van der Waals surface area (Å²) in [5.41, 5.74) is 6.42. The largest absolute Gasteiger partial charge is 1.20 e. The fraction of sp³-hybridized carbons (Fsp3) is 0.118. The van der Waals surface area contributed by atoms with Crippen molar-refractivity contribution in [3.05, 3.63) is 126 Å². The van der Waals surface area contributed by atoms with Crippen LogP contribution in [-0.2, 0) is 6.42 Å². The molecule has 7 heteroatoms. The van der Waals surface area contributed by atoms with Crippen LogP contribution in [0.1, 0.15) is 17.0 Å². The number of para-hydroxylation sites is 1. The molecule has 0 unspecified atom stereocenters. The standard InChI is InChI=1S/C12H13NO2.C12H10O.C10H9NO.Al/c1-8-2-3-10-6-9(4-5-14)7-11(15)12(10)13-8;13-12-8-6-11(7-9-12)10-4-2-1-3-5-10;1-7-5-6-8-3-2-4-9(12)10(8)11-7;/h2-3,6-7,14-15H,4-5H2,1H3;1-9,13H;2-6,12H,1H3;/q;;;+3/p-3. The molecule has 6 rings (SSSR count). The van der Waals surface area contributed by atoms with E-state index in [1.54, 1.807) is 0 Å². The summed E-state index contributed by atoms with van der Waals surface area (Å²) in [6.07, 6.45) is 0.502. The molecular formula is C34H29AlN2O4. The van der Waals surface area contributed by atoms with Gasteiger partial charge in [0.2, 0.25) is 0 Å². The number of fused-ring (bicyclic) bond motifs is 2. The summed E-state index contributed by atoms with van der Waals surface area (Å²) in [7, 11) is 0. The van der Waals surface area contributed by atoms with Gasteiger partial charge in [-0.15, -0.1) is 0 Å². The molecule has 2 aromatic heterocycles. The molecule has 41 heavy (non-hydrogen) atoms. The Kier molecular flexibility index (Phi) is 7.84. The molecule has 4 aromatic carbocycles. The molecule has 0 radical (unpaired) electrons. The molecule has 6 nitrogen and oxygen atoms in total. The second kappa shape index (κ2) is 12.0. The Balaban J connectivity index is 1.38. The zero-order valence-corrected chi connectivity index (χ0v) is 24.1. The van der Waals surface area contributed by atoms with E-state index in [0.29, 0.717) is 23.7 Å². The highest BCUT2D eigenvalue weighted by Crippen LogP contribution is 2.30. The van der Waals surface area contributed by atoms with Gasteiger partial charge in [-0.1, -0.05) is 66.7 Å². The number of hydrogen-bond acceptors (Lipinski definition) is 6. The Morgan fingerprint density at radius 2 is 1.27 bits per heavy atom. The van der Waals surface area contributed by atoms with E-state index in [0.717, 1.165) is 49.9 Å². The van der Waals surface area contributed by atoms with Crippen LogP contribution in [0.3, 0.4) is 0 Å². The summed E-state index contributed by atoms with van der Waals surface area (Å²) in [4.78, 5) is 9.50. The van der Waals surface area contributed by atoms with Crippen LogP contribution in [0, 0.1) is 13.8 Å². The van der Waals surface area contributed by atoms with E-state index in [2.05, 4.69) is 12.1 Å². The molecule has 0 amide bonds. The molecular weight excluding hydrogens is 527 g/mol. The topological polar surface area (TPSA) is 73.7 Å². The van der Waals surface area contributed by atoms with Crippen LogP contribution in [0.5, 0.6) is 17.2 Å². The number of aromatic nitrogens is 2. The SMILES string of the molecule is Cc1ccc2cccc([O][Al]([O]c3ccc(-c4ccccc4)cc3)[O]c3cc(CCO)cc4ccc(C)nc34)c2n1. The van der Waals surface area contributed by atoms with Crippen LogP contribution >= 0.6 is 0 Å². The quantitative estimate of drug-likeness (QED) is 0.191. The summed E-state index contributed by atoms with van der Waals surface area (Å²) < 4.78 is 19.6. The Hall–Kier alpha value is -4.41. The van der Waals surface area contributed by atoms with E-state index in [4.69, 9.17) is 21.3 Å². The van der Waals surface area contributed by atoms with Crippen molar-refractivity contribution < 1.29 is 16.5 Å². The van der Waals surface area contributed by atoms with E-state index in [1.165, 1.54) is 0 Å². The molecule has 0 saturated heterocycles. The van der Waals surface area contributed by atoms with Gasteiger partial charge in [0.25, 0.3) is 0 Å². The first-order chi connectivity index (χ1) is 20.1. The van der Waals surface area contributed by atoms with Gasteiger partial charge in [0.15, 0.2) is 0 Å². The molecule has 2 heterocycles. The molecule has 0 bridgehead atoms. The maximum absolute atomic E-state index is 9.62. The van der Waals surface area contributed by atoms with Gasteiger partial charge in [-0.25, -0.2) is 9.97 Å². The van der Waals surface area contributed by atoms with E-state index < -0.39 is 15.1 Å². The van der Waals surface area contributed by atoms with E-state index in [-0.39, 0.29) is 6.61 Å². The number of rotatable bonds is 9. The molecule has 0 fully saturated rings. The van der Waals surface area contributed by atoms with Crippen LogP contribution in [0.2, 0.25) is 0 Å². The average Bonchev–Trinajstić information content (AvgIpc) is 2.99. The van der Waals surface area contributed by atoms with E-state index >= 15 is 0 Å². The number of aliphatic hydroxyl groups is 1. The molecule has 0 spiro atoms. The fourth-order valence-corrected chi connectivity index (χ4v) is 6.09. The van der Waals surface area contributed by atoms with Gasteiger partial charge < -0.3 is 16.5 Å². The van der Waals surface area contributed by atoms with Crippen molar-refractivity contribution in [1.82, 2.24) is 9.97 Å². The van der Waals surface area contributed by atoms with Crippen molar-refractivity contribution in [2.24, 2.45) is 0 Å². The normalized spacial score (nSPS) is 11.0. The Morgan fingerprint density at radius 1 is 0.610 bits per heavy atom. The van der Waals surface area contributed by atoms with Crippen LogP contribution in [0.25, 0.3) is 32.9 Å². The minimum absolute atomic E-state index is 0.0346. The summed E-state index contributed by atoms with van der Waals surface area (Å²) >= 11 is -2.93. The van der Waals surface area contributed by atoms with Gasteiger partial charge in [-0.3, -0.25) is 0 Å². The minimum atomic E-state index is -2.93. The van der Waals surface area contributed by atoms with Crippen molar-refractivity contribution in [1.29, 1.82) is 0 Å². The second-order valence-electron chi connectivity index (χ2n) is 9.91. The highest BCUT2D eigenvalue weighted by molar-refractivity contribution is 6.40. The van der Waals surface area contributed by atoms with Crippen LogP contribution in [-0.4, -0.2) is 36.8 Å². The number of hydrogen-bond donors (Lipinski definition) is 1. The number of benzene rings is 4. The summed E-state index contributed by atoms with van der Waals surface area (Å²) in [6, 6.07) is 35.9. The predicted molar refractivity (Wildman–Crippen MR) is 163 cm³/mol. The number of aryl methyl sites for hydroxylation is 2. The third-order valence-corrected chi connectivity index (χ3v) is 8.18. The van der Waals surface area contributed by atoms with Crippen molar-refractivity contribution in [3.8, 4) is 28.4 Å². The second-order valence-corrected chi connectivity index (χ2v) is 11.2. The monoisotopic (exact) mass is 556 g/mol. The van der Waals surface area contributed by atoms with Gasteiger partial charge in [0.05, 0.1) is 5.75 Å². The Morgan fingerprint density at radius 3 is 2.00 bits per heavy atom. The van der Waals surface area contributed by atoms with Crippen LogP contribution < -0.4 is 11.4 Å². The predicted octanol–water partition coefficient (Wildman–Crippen LogP) is 7.12. The number of nitrogens with zero attached hydrogens (tertiary/aromatic N) is 2. The van der Waals surface area contributed by atoms with Gasteiger partial charge >= 0.3 is 15.1 Å². The average molecular weight is 557 g/mol. The molecule has 0 aliphatic carbocycles.